The molecule has 1 aliphatic carbocycles. The van der Waals surface area contributed by atoms with Crippen LogP contribution in [0.4, 0.5) is 0 Å². The topological polar surface area (TPSA) is 82.1 Å². The highest BCUT2D eigenvalue weighted by atomic mass is 32.2. The van der Waals surface area contributed by atoms with Gasteiger partial charge in [0.05, 0.1) is 32.3 Å². The summed E-state index contributed by atoms with van der Waals surface area (Å²) in [5, 5.41) is 0. The molecule has 5 rings (SSSR count). The SMILES string of the molecule is COc1ccc2c(c1OC)COC21C(=O)N(S(=O)(=O)C2=CC=C(C)CC2)Cc2ccccc21. The molecule has 0 radical (unpaired) electrons. The Bertz CT molecular complexity index is 1330. The maximum atomic E-state index is 14.1. The van der Waals surface area contributed by atoms with Crippen molar-refractivity contribution in [1.82, 2.24) is 4.31 Å². The summed E-state index contributed by atoms with van der Waals surface area (Å²) in [6, 6.07) is 10.8. The number of rotatable bonds is 4. The van der Waals surface area contributed by atoms with E-state index in [1.807, 2.05) is 31.2 Å². The highest BCUT2D eigenvalue weighted by Crippen LogP contribution is 2.52. The van der Waals surface area contributed by atoms with Crippen molar-refractivity contribution in [2.45, 2.75) is 38.5 Å². The van der Waals surface area contributed by atoms with Crippen LogP contribution >= 0.6 is 0 Å². The van der Waals surface area contributed by atoms with Crippen molar-refractivity contribution in [2.75, 3.05) is 14.2 Å². The van der Waals surface area contributed by atoms with Crippen LogP contribution in [0.5, 0.6) is 11.5 Å². The van der Waals surface area contributed by atoms with Crippen molar-refractivity contribution in [2.24, 2.45) is 0 Å². The first-order chi connectivity index (χ1) is 15.8. The zero-order chi connectivity index (χ0) is 23.4. The van der Waals surface area contributed by atoms with Crippen LogP contribution < -0.4 is 9.47 Å². The van der Waals surface area contributed by atoms with Crippen molar-refractivity contribution < 1.29 is 27.4 Å². The third kappa shape index (κ3) is 3.04. The van der Waals surface area contributed by atoms with Gasteiger partial charge in [0.2, 0.25) is 0 Å². The van der Waals surface area contributed by atoms with Crippen molar-refractivity contribution >= 4 is 15.9 Å². The van der Waals surface area contributed by atoms with Crippen molar-refractivity contribution in [3.63, 3.8) is 0 Å². The Morgan fingerprint density at radius 1 is 1.00 bits per heavy atom. The Labute approximate surface area is 193 Å². The number of carbonyl (C=O) groups excluding carboxylic acids is 1. The van der Waals surface area contributed by atoms with Gasteiger partial charge in [-0.2, -0.15) is 0 Å². The van der Waals surface area contributed by atoms with Gasteiger partial charge in [-0.05, 0) is 37.5 Å². The van der Waals surface area contributed by atoms with E-state index < -0.39 is 21.5 Å². The molecule has 0 aromatic heterocycles. The minimum atomic E-state index is -4.03. The largest absolute Gasteiger partial charge is 0.493 e. The molecule has 1 unspecified atom stereocenters. The number of carbonyl (C=O) groups is 1. The molecule has 2 aromatic rings. The molecule has 0 fully saturated rings. The summed E-state index contributed by atoms with van der Waals surface area (Å²) in [5.41, 5.74) is 2.17. The number of benzene rings is 2. The molecule has 0 saturated carbocycles. The van der Waals surface area contributed by atoms with E-state index in [2.05, 4.69) is 0 Å². The highest BCUT2D eigenvalue weighted by Gasteiger charge is 2.57. The second-order valence-electron chi connectivity index (χ2n) is 8.42. The van der Waals surface area contributed by atoms with Gasteiger partial charge in [0.25, 0.3) is 15.9 Å². The average Bonchev–Trinajstić information content (AvgIpc) is 3.21. The Hall–Kier alpha value is -3.10. The second-order valence-corrected chi connectivity index (χ2v) is 10.3. The molecule has 33 heavy (non-hydrogen) atoms. The van der Waals surface area contributed by atoms with E-state index in [0.717, 1.165) is 15.4 Å². The Morgan fingerprint density at radius 2 is 1.79 bits per heavy atom. The molecule has 0 saturated heterocycles. The average molecular weight is 468 g/mol. The molecule has 7 nitrogen and oxygen atoms in total. The normalized spacial score (nSPS) is 21.9. The van der Waals surface area contributed by atoms with E-state index in [1.165, 1.54) is 7.11 Å². The predicted molar refractivity (Wildman–Crippen MR) is 122 cm³/mol. The van der Waals surface area contributed by atoms with Gasteiger partial charge in [-0.25, -0.2) is 12.7 Å². The lowest BCUT2D eigenvalue weighted by molar-refractivity contribution is -0.150. The smallest absolute Gasteiger partial charge is 0.278 e. The second kappa shape index (κ2) is 7.74. The Balaban J connectivity index is 1.71. The van der Waals surface area contributed by atoms with Crippen LogP contribution in [0.2, 0.25) is 0 Å². The van der Waals surface area contributed by atoms with Crippen LogP contribution in [0.3, 0.4) is 0 Å². The summed E-state index contributed by atoms with van der Waals surface area (Å²) < 4.78 is 45.5. The van der Waals surface area contributed by atoms with Crippen LogP contribution in [-0.2, 0) is 38.3 Å². The summed E-state index contributed by atoms with van der Waals surface area (Å²) >= 11 is 0. The summed E-state index contributed by atoms with van der Waals surface area (Å²) in [7, 11) is -0.960. The minimum Gasteiger partial charge on any atom is -0.493 e. The van der Waals surface area contributed by atoms with Crippen LogP contribution in [0.1, 0.15) is 42.0 Å². The molecule has 2 aliphatic heterocycles. The van der Waals surface area contributed by atoms with Crippen LogP contribution in [0.15, 0.2) is 59.0 Å². The number of ether oxygens (including phenoxy) is 3. The molecule has 1 spiro atoms. The van der Waals surface area contributed by atoms with E-state index in [4.69, 9.17) is 14.2 Å². The van der Waals surface area contributed by atoms with E-state index in [9.17, 15) is 13.2 Å². The molecule has 1 amide bonds. The van der Waals surface area contributed by atoms with Gasteiger partial charge >= 0.3 is 0 Å². The monoisotopic (exact) mass is 467 g/mol. The van der Waals surface area contributed by atoms with Crippen LogP contribution in [0.25, 0.3) is 0 Å². The molecule has 8 heteroatoms. The maximum Gasteiger partial charge on any atom is 0.278 e. The van der Waals surface area contributed by atoms with Crippen molar-refractivity contribution in [1.29, 1.82) is 0 Å². The van der Waals surface area contributed by atoms with Crippen molar-refractivity contribution in [3.05, 3.63) is 81.3 Å². The molecule has 3 aliphatic rings. The molecule has 0 N–H and O–H groups in total. The number of hydrogen-bond donors (Lipinski definition) is 0. The Morgan fingerprint density at radius 3 is 2.48 bits per heavy atom. The van der Waals surface area contributed by atoms with Gasteiger partial charge in [0.15, 0.2) is 17.1 Å². The van der Waals surface area contributed by atoms with Gasteiger partial charge in [0.1, 0.15) is 0 Å². The van der Waals surface area contributed by atoms with Crippen molar-refractivity contribution in [3.8, 4) is 11.5 Å². The number of methoxy groups -OCH3 is 2. The van der Waals surface area contributed by atoms with Gasteiger partial charge in [-0.1, -0.05) is 42.0 Å². The third-order valence-corrected chi connectivity index (χ3v) is 8.52. The summed E-state index contributed by atoms with van der Waals surface area (Å²) in [5.74, 6) is 0.388. The van der Waals surface area contributed by atoms with Crippen LogP contribution in [-0.4, -0.2) is 32.8 Å². The molecule has 1 atom stereocenters. The summed E-state index contributed by atoms with van der Waals surface area (Å²) in [6.45, 7) is 2.02. The first-order valence-corrected chi connectivity index (χ1v) is 12.2. The zero-order valence-electron chi connectivity index (χ0n) is 18.8. The van der Waals surface area contributed by atoms with E-state index >= 15 is 0 Å². The maximum absolute atomic E-state index is 14.1. The molecule has 2 heterocycles. The first kappa shape index (κ1) is 21.7. The quantitative estimate of drug-likeness (QED) is 0.681. The number of hydrogen-bond acceptors (Lipinski definition) is 6. The standard InChI is InChI=1S/C25H25NO6S/c1-16-8-10-18(11-9-16)33(28,29)26-14-17-6-4-5-7-20(17)25(24(26)27)21-12-13-22(30-2)23(31-3)19(21)15-32-25/h4-8,10,12-13H,9,11,14-15H2,1-3H3. The lowest BCUT2D eigenvalue weighted by Crippen LogP contribution is -2.53. The van der Waals surface area contributed by atoms with Gasteiger partial charge in [-0.3, -0.25) is 4.79 Å². The van der Waals surface area contributed by atoms with E-state index in [0.29, 0.717) is 41.0 Å². The number of allylic oxidation sites excluding steroid dienone is 4. The Kier molecular flexibility index (Phi) is 5.10. The number of nitrogens with zero attached hydrogens (tertiary/aromatic N) is 1. The fourth-order valence-corrected chi connectivity index (χ4v) is 6.45. The van der Waals surface area contributed by atoms with Gasteiger partial charge in [-0.15, -0.1) is 0 Å². The fraction of sp³-hybridized carbons (Fsp3) is 0.320. The molecule has 2 aromatic carbocycles. The lowest BCUT2D eigenvalue weighted by atomic mass is 9.80. The number of amides is 1. The third-order valence-electron chi connectivity index (χ3n) is 6.64. The molecule has 172 valence electrons. The molecule has 0 bridgehead atoms. The van der Waals surface area contributed by atoms with E-state index in [1.54, 1.807) is 31.4 Å². The van der Waals surface area contributed by atoms with Gasteiger partial charge in [0, 0.05) is 16.7 Å². The fourth-order valence-electron chi connectivity index (χ4n) is 4.91. The van der Waals surface area contributed by atoms with Gasteiger partial charge < -0.3 is 14.2 Å². The number of fused-ring (bicyclic) bond motifs is 4. The molecular weight excluding hydrogens is 442 g/mol. The predicted octanol–water partition coefficient (Wildman–Crippen LogP) is 3.77. The number of sulfonamides is 1. The zero-order valence-corrected chi connectivity index (χ0v) is 19.6. The minimum absolute atomic E-state index is 0.0366. The highest BCUT2D eigenvalue weighted by molar-refractivity contribution is 7.93. The summed E-state index contributed by atoms with van der Waals surface area (Å²) in [4.78, 5) is 14.3. The lowest BCUT2D eigenvalue weighted by Gasteiger charge is -2.40. The van der Waals surface area contributed by atoms with Crippen LogP contribution in [0, 0.1) is 0 Å². The summed E-state index contributed by atoms with van der Waals surface area (Å²) in [6.07, 6.45) is 4.41. The first-order valence-electron chi connectivity index (χ1n) is 10.7. The van der Waals surface area contributed by atoms with E-state index in [-0.39, 0.29) is 18.1 Å². The molecular formula is C25H25NO6S.